The van der Waals surface area contributed by atoms with E-state index in [4.69, 9.17) is 12.2 Å². The van der Waals surface area contributed by atoms with Gasteiger partial charge in [0.1, 0.15) is 0 Å². The normalized spacial score (nSPS) is 14.8. The van der Waals surface area contributed by atoms with Gasteiger partial charge in [0.05, 0.1) is 5.56 Å². The monoisotopic (exact) mass is 339 g/mol. The van der Waals surface area contributed by atoms with Gasteiger partial charge in [-0.1, -0.05) is 31.4 Å². The zero-order chi connectivity index (χ0) is 16.8. The minimum absolute atomic E-state index is 0.264. The first-order valence-corrected chi connectivity index (χ1v) is 8.75. The van der Waals surface area contributed by atoms with Crippen molar-refractivity contribution in [2.75, 3.05) is 5.32 Å². The standard InChI is InChI=1S/C19H21N3OS/c23-18(16-7-4-12-20-13-16)22-19(24)21-17-10-8-15(9-11-17)14-5-2-1-3-6-14/h4,7-14H,1-3,5-6H2,(H2,21,22,23,24). The third-order valence-electron chi connectivity index (χ3n) is 4.40. The van der Waals surface area contributed by atoms with Gasteiger partial charge in [0.15, 0.2) is 5.11 Å². The molecule has 1 aromatic carbocycles. The Hall–Kier alpha value is -2.27. The van der Waals surface area contributed by atoms with Gasteiger partial charge >= 0.3 is 0 Å². The molecule has 0 aliphatic heterocycles. The molecule has 1 aromatic heterocycles. The molecule has 1 aliphatic rings. The Labute approximate surface area is 147 Å². The molecule has 0 atom stereocenters. The van der Waals surface area contributed by atoms with Crippen molar-refractivity contribution in [3.8, 4) is 0 Å². The van der Waals surface area contributed by atoms with Gasteiger partial charge in [0.2, 0.25) is 0 Å². The van der Waals surface area contributed by atoms with E-state index in [-0.39, 0.29) is 11.0 Å². The summed E-state index contributed by atoms with van der Waals surface area (Å²) in [6.45, 7) is 0. The summed E-state index contributed by atoms with van der Waals surface area (Å²) < 4.78 is 0. The Morgan fingerprint density at radius 3 is 2.50 bits per heavy atom. The fraction of sp³-hybridized carbons (Fsp3) is 0.316. The molecule has 3 rings (SSSR count). The summed E-state index contributed by atoms with van der Waals surface area (Å²) in [6, 6.07) is 11.8. The van der Waals surface area contributed by atoms with E-state index < -0.39 is 0 Å². The summed E-state index contributed by atoms with van der Waals surface area (Å²) in [5.74, 6) is 0.421. The van der Waals surface area contributed by atoms with Gasteiger partial charge in [-0.15, -0.1) is 0 Å². The second-order valence-corrected chi connectivity index (χ2v) is 6.52. The molecule has 2 aromatic rings. The number of anilines is 1. The number of carbonyl (C=O) groups excluding carboxylic acids is 1. The quantitative estimate of drug-likeness (QED) is 0.821. The second-order valence-electron chi connectivity index (χ2n) is 6.11. The first-order valence-electron chi connectivity index (χ1n) is 8.35. The van der Waals surface area contributed by atoms with E-state index in [1.807, 2.05) is 12.1 Å². The molecule has 0 bridgehead atoms. The molecule has 24 heavy (non-hydrogen) atoms. The van der Waals surface area contributed by atoms with E-state index in [2.05, 4.69) is 27.8 Å². The minimum atomic E-state index is -0.264. The highest BCUT2D eigenvalue weighted by Gasteiger charge is 2.15. The van der Waals surface area contributed by atoms with E-state index in [1.54, 1.807) is 18.3 Å². The maximum absolute atomic E-state index is 12.0. The number of aromatic nitrogens is 1. The Morgan fingerprint density at radius 1 is 1.08 bits per heavy atom. The summed E-state index contributed by atoms with van der Waals surface area (Å²) in [7, 11) is 0. The maximum atomic E-state index is 12.0. The number of pyridine rings is 1. The smallest absolute Gasteiger partial charge is 0.258 e. The lowest BCUT2D eigenvalue weighted by Gasteiger charge is -2.22. The van der Waals surface area contributed by atoms with Gasteiger partial charge in [-0.2, -0.15) is 0 Å². The molecule has 124 valence electrons. The zero-order valence-corrected chi connectivity index (χ0v) is 14.3. The van der Waals surface area contributed by atoms with E-state index in [0.717, 1.165) is 5.69 Å². The van der Waals surface area contributed by atoms with Crippen molar-refractivity contribution in [2.45, 2.75) is 38.0 Å². The van der Waals surface area contributed by atoms with Crippen molar-refractivity contribution in [1.29, 1.82) is 0 Å². The molecule has 0 spiro atoms. The molecular weight excluding hydrogens is 318 g/mol. The van der Waals surface area contributed by atoms with Crippen LogP contribution >= 0.6 is 12.2 Å². The summed E-state index contributed by atoms with van der Waals surface area (Å²) >= 11 is 5.21. The first-order chi connectivity index (χ1) is 11.7. The van der Waals surface area contributed by atoms with Crippen LogP contribution in [0.4, 0.5) is 5.69 Å². The largest absolute Gasteiger partial charge is 0.332 e. The van der Waals surface area contributed by atoms with Crippen LogP contribution in [0, 0.1) is 0 Å². The van der Waals surface area contributed by atoms with Crippen molar-refractivity contribution < 1.29 is 4.79 Å². The molecule has 1 amide bonds. The van der Waals surface area contributed by atoms with Gasteiger partial charge < -0.3 is 5.32 Å². The highest BCUT2D eigenvalue weighted by molar-refractivity contribution is 7.80. The van der Waals surface area contributed by atoms with Crippen molar-refractivity contribution >= 4 is 28.9 Å². The van der Waals surface area contributed by atoms with Gasteiger partial charge in [0, 0.05) is 18.1 Å². The van der Waals surface area contributed by atoms with E-state index in [9.17, 15) is 4.79 Å². The van der Waals surface area contributed by atoms with E-state index in [0.29, 0.717) is 11.5 Å². The second kappa shape index (κ2) is 8.02. The molecular formula is C19H21N3OS. The molecule has 1 heterocycles. The number of amides is 1. The number of hydrogen-bond donors (Lipinski definition) is 2. The van der Waals surface area contributed by atoms with Crippen LogP contribution in [-0.4, -0.2) is 16.0 Å². The third kappa shape index (κ3) is 4.38. The van der Waals surface area contributed by atoms with Crippen LogP contribution in [0.15, 0.2) is 48.8 Å². The Balaban J connectivity index is 1.55. The van der Waals surface area contributed by atoms with E-state index in [1.165, 1.54) is 43.9 Å². The number of thiocarbonyl (C=S) groups is 1. The lowest BCUT2D eigenvalue weighted by molar-refractivity contribution is 0.0977. The molecule has 1 aliphatic carbocycles. The lowest BCUT2D eigenvalue weighted by atomic mass is 9.84. The minimum Gasteiger partial charge on any atom is -0.332 e. The van der Waals surface area contributed by atoms with Crippen LogP contribution < -0.4 is 10.6 Å². The number of benzene rings is 1. The number of hydrogen-bond acceptors (Lipinski definition) is 3. The maximum Gasteiger partial charge on any atom is 0.258 e. The SMILES string of the molecule is O=C(NC(=S)Nc1ccc(C2CCCCC2)cc1)c1cccnc1. The van der Waals surface area contributed by atoms with E-state index >= 15 is 0 Å². The molecule has 2 N–H and O–H groups in total. The average Bonchev–Trinajstić information content (AvgIpc) is 2.64. The molecule has 4 nitrogen and oxygen atoms in total. The van der Waals surface area contributed by atoms with Crippen LogP contribution in [0.1, 0.15) is 53.9 Å². The predicted molar refractivity (Wildman–Crippen MR) is 100 cm³/mol. The lowest BCUT2D eigenvalue weighted by Crippen LogP contribution is -2.34. The topological polar surface area (TPSA) is 54.0 Å². The third-order valence-corrected chi connectivity index (χ3v) is 4.60. The van der Waals surface area contributed by atoms with Crippen molar-refractivity contribution in [3.63, 3.8) is 0 Å². The van der Waals surface area contributed by atoms with Gasteiger partial charge in [-0.25, -0.2) is 0 Å². The van der Waals surface area contributed by atoms with Crippen LogP contribution in [0.25, 0.3) is 0 Å². The Kier molecular flexibility index (Phi) is 5.54. The van der Waals surface area contributed by atoms with Gasteiger partial charge in [-0.05, 0) is 60.8 Å². The van der Waals surface area contributed by atoms with Crippen molar-refractivity contribution in [1.82, 2.24) is 10.3 Å². The van der Waals surface area contributed by atoms with Crippen molar-refractivity contribution in [2.24, 2.45) is 0 Å². The molecule has 5 heteroatoms. The van der Waals surface area contributed by atoms with Gasteiger partial charge in [-0.3, -0.25) is 15.1 Å². The highest BCUT2D eigenvalue weighted by Crippen LogP contribution is 2.32. The molecule has 0 radical (unpaired) electrons. The zero-order valence-electron chi connectivity index (χ0n) is 13.5. The Morgan fingerprint density at radius 2 is 1.83 bits per heavy atom. The summed E-state index contributed by atoms with van der Waals surface area (Å²) in [5.41, 5.74) is 2.76. The molecule has 1 fully saturated rings. The highest BCUT2D eigenvalue weighted by atomic mass is 32.1. The van der Waals surface area contributed by atoms with Crippen LogP contribution in [0.3, 0.4) is 0 Å². The average molecular weight is 339 g/mol. The van der Waals surface area contributed by atoms with Crippen molar-refractivity contribution in [3.05, 3.63) is 59.9 Å². The predicted octanol–water partition coefficient (Wildman–Crippen LogP) is 4.26. The molecule has 0 unspecified atom stereocenters. The summed E-state index contributed by atoms with van der Waals surface area (Å²) in [4.78, 5) is 16.0. The van der Waals surface area contributed by atoms with Crippen LogP contribution in [-0.2, 0) is 0 Å². The van der Waals surface area contributed by atoms with Crippen LogP contribution in [0.5, 0.6) is 0 Å². The number of nitrogens with one attached hydrogen (secondary N) is 2. The molecule has 0 saturated heterocycles. The summed E-state index contributed by atoms with van der Waals surface area (Å²) in [6.07, 6.45) is 9.72. The Bertz CT molecular complexity index is 694. The number of nitrogens with zero attached hydrogens (tertiary/aromatic N) is 1. The van der Waals surface area contributed by atoms with Crippen LogP contribution in [0.2, 0.25) is 0 Å². The fourth-order valence-corrected chi connectivity index (χ4v) is 3.32. The van der Waals surface area contributed by atoms with Gasteiger partial charge in [0.25, 0.3) is 5.91 Å². The summed E-state index contributed by atoms with van der Waals surface area (Å²) in [5, 5.41) is 6.00. The molecule has 1 saturated carbocycles. The number of carbonyl (C=O) groups is 1. The number of rotatable bonds is 3. The first kappa shape index (κ1) is 16.6. The fourth-order valence-electron chi connectivity index (χ4n) is 3.11.